The fourth-order valence-electron chi connectivity index (χ4n) is 5.73. The summed E-state index contributed by atoms with van der Waals surface area (Å²) in [5.41, 5.74) is 6.95. The number of nitrogens with zero attached hydrogens (tertiary/aromatic N) is 1. The van der Waals surface area contributed by atoms with Crippen molar-refractivity contribution in [3.05, 3.63) is 89.5 Å². The summed E-state index contributed by atoms with van der Waals surface area (Å²) in [5, 5.41) is 2.16. The summed E-state index contributed by atoms with van der Waals surface area (Å²) in [4.78, 5) is 19.9. The van der Waals surface area contributed by atoms with E-state index in [9.17, 15) is 4.79 Å². The molecule has 2 aliphatic rings. The molecule has 1 unspecified atom stereocenters. The van der Waals surface area contributed by atoms with Gasteiger partial charge in [0.05, 0.1) is 12.7 Å². The lowest BCUT2D eigenvalue weighted by Gasteiger charge is -2.31. The quantitative estimate of drug-likeness (QED) is 0.270. The van der Waals surface area contributed by atoms with Crippen LogP contribution in [0.1, 0.15) is 46.9 Å². The van der Waals surface area contributed by atoms with Gasteiger partial charge < -0.3 is 19.0 Å². The van der Waals surface area contributed by atoms with Crippen molar-refractivity contribution in [2.75, 3.05) is 40.4 Å². The number of carbonyl (C=O) groups is 1. The average Bonchev–Trinajstić information content (AvgIpc) is 3.00. The van der Waals surface area contributed by atoms with E-state index >= 15 is 0 Å². The summed E-state index contributed by atoms with van der Waals surface area (Å²) in [5.74, 6) is 1.82. The van der Waals surface area contributed by atoms with Crippen molar-refractivity contribution in [1.82, 2.24) is 10.4 Å². The van der Waals surface area contributed by atoms with Crippen LogP contribution in [-0.4, -0.2) is 51.3 Å². The second-order valence-corrected chi connectivity index (χ2v) is 10.2. The predicted molar refractivity (Wildman–Crippen MR) is 155 cm³/mol. The molecule has 4 aromatic rings. The van der Waals surface area contributed by atoms with Crippen LogP contribution < -0.4 is 19.7 Å². The molecule has 40 heavy (non-hydrogen) atoms. The first-order valence-electron chi connectivity index (χ1n) is 13.9. The number of nitrogens with one attached hydrogen (secondary N) is 1. The molecule has 7 heteroatoms. The standard InChI is InChI=1S/C33H34N2O5/c1-34-40-33(36)24-9-13-28-29-14-8-23-20-26(37-2)12-15-27(23)31(29)32(39-30(28)21-24)22-6-10-25(11-7-22)38-19-18-35-16-4-3-5-17-35/h6-15,20-21,32,34H,3-5,16-19H2,1-2H3. The van der Waals surface area contributed by atoms with Gasteiger partial charge in [-0.3, -0.25) is 4.90 Å². The second kappa shape index (κ2) is 11.6. The number of carbonyl (C=O) groups excluding carboxylic acids is 1. The Morgan fingerprint density at radius 2 is 1.70 bits per heavy atom. The van der Waals surface area contributed by atoms with Gasteiger partial charge in [0, 0.05) is 24.7 Å². The maximum atomic E-state index is 12.4. The topological polar surface area (TPSA) is 69.3 Å². The molecule has 7 nitrogen and oxygen atoms in total. The molecule has 1 fully saturated rings. The normalized spacial score (nSPS) is 16.5. The molecule has 1 N–H and O–H groups in total. The zero-order valence-corrected chi connectivity index (χ0v) is 22.9. The summed E-state index contributed by atoms with van der Waals surface area (Å²) >= 11 is 0. The third-order valence-electron chi connectivity index (χ3n) is 7.79. The summed E-state index contributed by atoms with van der Waals surface area (Å²) in [6.45, 7) is 3.95. The molecule has 0 aliphatic carbocycles. The van der Waals surface area contributed by atoms with Crippen molar-refractivity contribution in [1.29, 1.82) is 0 Å². The molecule has 0 amide bonds. The van der Waals surface area contributed by atoms with E-state index in [2.05, 4.69) is 40.7 Å². The van der Waals surface area contributed by atoms with Crippen LogP contribution in [0.5, 0.6) is 17.2 Å². The van der Waals surface area contributed by atoms with Gasteiger partial charge in [-0.2, -0.15) is 5.48 Å². The van der Waals surface area contributed by atoms with Gasteiger partial charge in [0.2, 0.25) is 0 Å². The molecule has 1 atom stereocenters. The van der Waals surface area contributed by atoms with Crippen LogP contribution in [0.3, 0.4) is 0 Å². The van der Waals surface area contributed by atoms with E-state index in [0.29, 0.717) is 17.9 Å². The number of ether oxygens (including phenoxy) is 3. The number of hydrogen-bond acceptors (Lipinski definition) is 7. The Labute approximate surface area is 234 Å². The summed E-state index contributed by atoms with van der Waals surface area (Å²) in [7, 11) is 3.23. The molecule has 0 radical (unpaired) electrons. The van der Waals surface area contributed by atoms with E-state index in [0.717, 1.165) is 64.2 Å². The van der Waals surface area contributed by atoms with Gasteiger partial charge in [0.1, 0.15) is 23.9 Å². The van der Waals surface area contributed by atoms with E-state index in [1.54, 1.807) is 26.3 Å². The van der Waals surface area contributed by atoms with Gasteiger partial charge in [0.15, 0.2) is 6.10 Å². The molecule has 0 aromatic heterocycles. The maximum Gasteiger partial charge on any atom is 0.356 e. The smallest absolute Gasteiger partial charge is 0.356 e. The highest BCUT2D eigenvalue weighted by Crippen LogP contribution is 2.48. The molecule has 0 saturated carbocycles. The lowest BCUT2D eigenvalue weighted by atomic mass is 9.85. The monoisotopic (exact) mass is 538 g/mol. The molecule has 2 heterocycles. The molecule has 0 bridgehead atoms. The molecular formula is C33H34N2O5. The first-order chi connectivity index (χ1) is 19.6. The summed E-state index contributed by atoms with van der Waals surface area (Å²) < 4.78 is 18.2. The van der Waals surface area contributed by atoms with Crippen LogP contribution in [0.15, 0.2) is 72.8 Å². The van der Waals surface area contributed by atoms with E-state index < -0.39 is 5.97 Å². The summed E-state index contributed by atoms with van der Waals surface area (Å²) in [6, 6.07) is 23.9. The van der Waals surface area contributed by atoms with Gasteiger partial charge in [-0.15, -0.1) is 0 Å². The van der Waals surface area contributed by atoms with Crippen LogP contribution in [0, 0.1) is 0 Å². The Balaban J connectivity index is 1.34. The van der Waals surface area contributed by atoms with E-state index in [1.807, 2.05) is 30.3 Å². The number of hydroxylamine groups is 1. The van der Waals surface area contributed by atoms with Crippen molar-refractivity contribution in [3.8, 4) is 28.4 Å². The highest BCUT2D eigenvalue weighted by Gasteiger charge is 2.30. The van der Waals surface area contributed by atoms with E-state index in [4.69, 9.17) is 19.0 Å². The van der Waals surface area contributed by atoms with E-state index in [1.165, 1.54) is 19.3 Å². The average molecular weight is 539 g/mol. The first kappa shape index (κ1) is 26.2. The minimum atomic E-state index is -0.465. The van der Waals surface area contributed by atoms with Crippen LogP contribution in [0.2, 0.25) is 0 Å². The van der Waals surface area contributed by atoms with Crippen molar-refractivity contribution in [2.45, 2.75) is 25.4 Å². The van der Waals surface area contributed by atoms with Crippen molar-refractivity contribution >= 4 is 16.7 Å². The largest absolute Gasteiger partial charge is 0.497 e. The lowest BCUT2D eigenvalue weighted by molar-refractivity contribution is 0.0309. The Kier molecular flexibility index (Phi) is 7.58. The van der Waals surface area contributed by atoms with Gasteiger partial charge in [-0.1, -0.05) is 36.8 Å². The summed E-state index contributed by atoms with van der Waals surface area (Å²) in [6.07, 6.45) is 3.51. The minimum Gasteiger partial charge on any atom is -0.497 e. The number of piperidine rings is 1. The van der Waals surface area contributed by atoms with Gasteiger partial charge in [-0.25, -0.2) is 4.79 Å². The van der Waals surface area contributed by atoms with Gasteiger partial charge in [-0.05, 0) is 90.3 Å². The lowest BCUT2D eigenvalue weighted by Crippen LogP contribution is -2.33. The first-order valence-corrected chi connectivity index (χ1v) is 13.9. The SMILES string of the molecule is CNOC(=O)c1ccc2c(c1)OC(c1ccc(OCCN3CCCCC3)cc1)c1c-2ccc2cc(OC)ccc12. The fourth-order valence-corrected chi connectivity index (χ4v) is 5.73. The fraction of sp³-hybridized carbons (Fsp3) is 0.303. The number of benzene rings is 4. The molecular weight excluding hydrogens is 504 g/mol. The van der Waals surface area contributed by atoms with Crippen molar-refractivity contribution in [3.63, 3.8) is 0 Å². The Bertz CT molecular complexity index is 1510. The van der Waals surface area contributed by atoms with Crippen LogP contribution in [0.25, 0.3) is 21.9 Å². The molecule has 2 aliphatic heterocycles. The molecule has 4 aromatic carbocycles. The number of hydrogen-bond donors (Lipinski definition) is 1. The second-order valence-electron chi connectivity index (χ2n) is 10.2. The highest BCUT2D eigenvalue weighted by atomic mass is 16.7. The predicted octanol–water partition coefficient (Wildman–Crippen LogP) is 6.15. The number of methoxy groups -OCH3 is 1. The zero-order valence-electron chi connectivity index (χ0n) is 22.9. The van der Waals surface area contributed by atoms with Gasteiger partial charge in [0.25, 0.3) is 0 Å². The Hall–Kier alpha value is -4.07. The Morgan fingerprint density at radius 1 is 0.925 bits per heavy atom. The zero-order chi connectivity index (χ0) is 27.5. The molecule has 206 valence electrons. The van der Waals surface area contributed by atoms with Gasteiger partial charge >= 0.3 is 5.97 Å². The van der Waals surface area contributed by atoms with Crippen molar-refractivity contribution < 1.29 is 23.8 Å². The van der Waals surface area contributed by atoms with Crippen LogP contribution in [-0.2, 0) is 4.84 Å². The molecule has 0 spiro atoms. The number of fused-ring (bicyclic) bond motifs is 5. The number of rotatable bonds is 8. The molecule has 1 saturated heterocycles. The third kappa shape index (κ3) is 5.22. The van der Waals surface area contributed by atoms with Crippen LogP contribution >= 0.6 is 0 Å². The Morgan fingerprint density at radius 3 is 2.48 bits per heavy atom. The maximum absolute atomic E-state index is 12.4. The van der Waals surface area contributed by atoms with E-state index in [-0.39, 0.29) is 6.10 Å². The third-order valence-corrected chi connectivity index (χ3v) is 7.79. The van der Waals surface area contributed by atoms with Crippen LogP contribution in [0.4, 0.5) is 0 Å². The number of likely N-dealkylation sites (tertiary alicyclic amines) is 1. The van der Waals surface area contributed by atoms with Crippen molar-refractivity contribution in [2.24, 2.45) is 0 Å². The highest BCUT2D eigenvalue weighted by molar-refractivity contribution is 5.97. The minimum absolute atomic E-state index is 0.377. The molecule has 6 rings (SSSR count).